The molecule has 2 heterocycles. The summed E-state index contributed by atoms with van der Waals surface area (Å²) >= 11 is 0. The quantitative estimate of drug-likeness (QED) is 0.369. The predicted molar refractivity (Wildman–Crippen MR) is 116 cm³/mol. The first-order valence-corrected chi connectivity index (χ1v) is 12.0. The lowest BCUT2D eigenvalue weighted by molar-refractivity contribution is -0.122. The van der Waals surface area contributed by atoms with Gasteiger partial charge in [0.1, 0.15) is 6.04 Å². The number of hydrogen-bond acceptors (Lipinski definition) is 8. The van der Waals surface area contributed by atoms with E-state index < -0.39 is 45.8 Å². The van der Waals surface area contributed by atoms with Crippen LogP contribution in [0.25, 0.3) is 0 Å². The zero-order chi connectivity index (χ0) is 24.2. The van der Waals surface area contributed by atoms with Gasteiger partial charge in [-0.1, -0.05) is 32.0 Å². The zero-order valence-electron chi connectivity index (χ0n) is 18.6. The molecule has 0 saturated carbocycles. The Kier molecular flexibility index (Phi) is 7.60. The molecule has 3 rings (SSSR count). The molecule has 182 valence electrons. The van der Waals surface area contributed by atoms with Gasteiger partial charge in [-0.3, -0.25) is 4.79 Å². The lowest BCUT2D eigenvalue weighted by Crippen LogP contribution is -2.47. The number of nitrogens with two attached hydrogens (primary N) is 1. The lowest BCUT2D eigenvalue weighted by atomic mass is 9.89. The van der Waals surface area contributed by atoms with Crippen LogP contribution in [0.3, 0.4) is 0 Å². The molecule has 33 heavy (non-hydrogen) atoms. The van der Waals surface area contributed by atoms with Crippen LogP contribution in [0.1, 0.15) is 49.9 Å². The Labute approximate surface area is 193 Å². The summed E-state index contributed by atoms with van der Waals surface area (Å²) in [6.07, 6.45) is 1.75. The van der Waals surface area contributed by atoms with Crippen molar-refractivity contribution in [3.63, 3.8) is 0 Å². The van der Waals surface area contributed by atoms with E-state index in [0.717, 1.165) is 5.06 Å². The molecule has 2 bridgehead atoms. The summed E-state index contributed by atoms with van der Waals surface area (Å²) < 4.78 is 39.9. The fourth-order valence-corrected chi connectivity index (χ4v) is 4.71. The third kappa shape index (κ3) is 6.42. The average molecular weight is 484 g/mol. The first-order chi connectivity index (χ1) is 15.5. The topological polar surface area (TPSA) is 146 Å². The number of primary amides is 1. The molecule has 1 aromatic carbocycles. The van der Waals surface area contributed by atoms with Gasteiger partial charge in [0.25, 0.3) is 0 Å². The first-order valence-electron chi connectivity index (χ1n) is 10.7. The number of amides is 3. The second-order valence-corrected chi connectivity index (χ2v) is 10.1. The van der Waals surface area contributed by atoms with Crippen molar-refractivity contribution >= 4 is 28.3 Å². The maximum Gasteiger partial charge on any atom is 0.421 e. The highest BCUT2D eigenvalue weighted by Gasteiger charge is 2.49. The number of urea groups is 1. The lowest BCUT2D eigenvalue weighted by Gasteiger charge is -2.27. The summed E-state index contributed by atoms with van der Waals surface area (Å²) in [4.78, 5) is 37.1. The fourth-order valence-electron chi connectivity index (χ4n) is 3.82. The summed E-state index contributed by atoms with van der Waals surface area (Å²) in [7, 11) is -4.51. The SMILES string of the molecule is CC(C)(CCCOC(=O)c1ccccc1)COS(=O)(=O)ON1C(=O)N2CC1CCC2C(N)=O. The number of piperidine rings is 1. The Balaban J connectivity index is 1.44. The number of fused-ring (bicyclic) bond motifs is 2. The highest BCUT2D eigenvalue weighted by atomic mass is 32.3. The molecule has 11 nitrogen and oxygen atoms in total. The Morgan fingerprint density at radius 1 is 1.18 bits per heavy atom. The number of carbonyl (C=O) groups excluding carboxylic acids is 3. The minimum absolute atomic E-state index is 0.162. The molecule has 12 heteroatoms. The van der Waals surface area contributed by atoms with E-state index in [9.17, 15) is 22.8 Å². The van der Waals surface area contributed by atoms with Gasteiger partial charge in [-0.2, -0.15) is 13.5 Å². The Hall–Kier alpha value is -2.70. The minimum Gasteiger partial charge on any atom is -0.462 e. The molecule has 0 radical (unpaired) electrons. The predicted octanol–water partition coefficient (Wildman–Crippen LogP) is 1.60. The van der Waals surface area contributed by atoms with E-state index in [2.05, 4.69) is 0 Å². The van der Waals surface area contributed by atoms with E-state index in [0.29, 0.717) is 31.2 Å². The van der Waals surface area contributed by atoms with Gasteiger partial charge >= 0.3 is 22.4 Å². The van der Waals surface area contributed by atoms with Crippen LogP contribution >= 0.6 is 0 Å². The van der Waals surface area contributed by atoms with Crippen molar-refractivity contribution in [2.75, 3.05) is 19.8 Å². The molecule has 2 aliphatic rings. The van der Waals surface area contributed by atoms with Gasteiger partial charge in [-0.05, 0) is 43.2 Å². The molecule has 3 amide bonds. The number of ether oxygens (including phenoxy) is 1. The van der Waals surface area contributed by atoms with Gasteiger partial charge < -0.3 is 15.4 Å². The van der Waals surface area contributed by atoms with Crippen LogP contribution in [-0.4, -0.2) is 68.1 Å². The van der Waals surface area contributed by atoms with Gasteiger partial charge in [0.2, 0.25) is 5.91 Å². The van der Waals surface area contributed by atoms with Crippen molar-refractivity contribution in [3.8, 4) is 0 Å². The number of rotatable bonds is 11. The minimum atomic E-state index is -4.51. The molecule has 0 aromatic heterocycles. The van der Waals surface area contributed by atoms with E-state index in [1.165, 1.54) is 4.90 Å². The number of nitrogens with zero attached hydrogens (tertiary/aromatic N) is 2. The van der Waals surface area contributed by atoms with Gasteiger partial charge in [0.15, 0.2) is 0 Å². The smallest absolute Gasteiger partial charge is 0.421 e. The largest absolute Gasteiger partial charge is 0.462 e. The third-order valence-electron chi connectivity index (χ3n) is 5.66. The normalized spacial score (nSPS) is 20.7. The summed E-state index contributed by atoms with van der Waals surface area (Å²) in [6.45, 7) is 3.76. The number of carbonyl (C=O) groups is 3. The standard InChI is InChI=1S/C21H29N3O8S/c1-21(2,11-6-12-30-19(26)15-7-4-3-5-8-15)14-31-33(28,29)32-24-16-9-10-17(18(22)25)23(13-16)20(24)27/h3-5,7-8,16-17H,6,9-14H2,1-2H3,(H2,22,25). The summed E-state index contributed by atoms with van der Waals surface area (Å²) in [6, 6.07) is 6.61. The van der Waals surface area contributed by atoms with Crippen LogP contribution in [0, 0.1) is 5.41 Å². The molecule has 0 spiro atoms. The van der Waals surface area contributed by atoms with E-state index in [1.807, 2.05) is 0 Å². The Morgan fingerprint density at radius 2 is 1.88 bits per heavy atom. The zero-order valence-corrected chi connectivity index (χ0v) is 19.5. The Bertz CT molecular complexity index is 982. The van der Waals surface area contributed by atoms with Crippen molar-refractivity contribution in [2.24, 2.45) is 11.1 Å². The first kappa shape index (κ1) is 24.9. The molecule has 2 fully saturated rings. The van der Waals surface area contributed by atoms with Crippen molar-refractivity contribution in [1.29, 1.82) is 0 Å². The average Bonchev–Trinajstić information content (AvgIpc) is 3.00. The Morgan fingerprint density at radius 3 is 2.55 bits per heavy atom. The van der Waals surface area contributed by atoms with Crippen LogP contribution in [0.5, 0.6) is 0 Å². The van der Waals surface area contributed by atoms with Crippen LogP contribution < -0.4 is 5.73 Å². The highest BCUT2D eigenvalue weighted by Crippen LogP contribution is 2.31. The molecule has 2 aliphatic heterocycles. The molecule has 0 aliphatic carbocycles. The second kappa shape index (κ2) is 10.1. The molecular formula is C21H29N3O8S. The van der Waals surface area contributed by atoms with Gasteiger partial charge in [-0.25, -0.2) is 13.8 Å². The fraction of sp³-hybridized carbons (Fsp3) is 0.571. The third-order valence-corrected chi connectivity index (χ3v) is 6.41. The highest BCUT2D eigenvalue weighted by molar-refractivity contribution is 7.81. The van der Waals surface area contributed by atoms with Gasteiger partial charge in [0.05, 0.1) is 24.8 Å². The monoisotopic (exact) mass is 483 g/mol. The van der Waals surface area contributed by atoms with Crippen LogP contribution in [0.15, 0.2) is 30.3 Å². The van der Waals surface area contributed by atoms with Crippen molar-refractivity contribution < 1.29 is 36.0 Å². The van der Waals surface area contributed by atoms with E-state index >= 15 is 0 Å². The van der Waals surface area contributed by atoms with Crippen LogP contribution in [0.4, 0.5) is 4.79 Å². The number of esters is 1. The molecule has 2 atom stereocenters. The number of hydroxylamine groups is 2. The maximum absolute atomic E-state index is 12.5. The molecule has 2 N–H and O–H groups in total. The summed E-state index contributed by atoms with van der Waals surface area (Å²) in [5, 5.41) is 0.744. The van der Waals surface area contributed by atoms with E-state index in [4.69, 9.17) is 18.9 Å². The molecular weight excluding hydrogens is 454 g/mol. The van der Waals surface area contributed by atoms with E-state index in [1.54, 1.807) is 44.2 Å². The van der Waals surface area contributed by atoms with Crippen LogP contribution in [0.2, 0.25) is 0 Å². The molecule has 2 saturated heterocycles. The van der Waals surface area contributed by atoms with E-state index in [-0.39, 0.29) is 19.8 Å². The van der Waals surface area contributed by atoms with Crippen molar-refractivity contribution in [1.82, 2.24) is 9.96 Å². The molecule has 2 unspecified atom stereocenters. The summed E-state index contributed by atoms with van der Waals surface area (Å²) in [5.74, 6) is -1.06. The van der Waals surface area contributed by atoms with Gasteiger partial charge in [0, 0.05) is 6.54 Å². The second-order valence-electron chi connectivity index (χ2n) is 8.92. The van der Waals surface area contributed by atoms with Crippen LogP contribution in [-0.2, 0) is 28.4 Å². The summed E-state index contributed by atoms with van der Waals surface area (Å²) in [5.41, 5.74) is 5.21. The number of benzene rings is 1. The van der Waals surface area contributed by atoms with Crippen molar-refractivity contribution in [3.05, 3.63) is 35.9 Å². The molecule has 1 aromatic rings. The number of hydrogen-bond donors (Lipinski definition) is 1. The van der Waals surface area contributed by atoms with Crippen molar-refractivity contribution in [2.45, 2.75) is 51.6 Å². The van der Waals surface area contributed by atoms with Gasteiger partial charge in [-0.15, -0.1) is 4.28 Å². The maximum atomic E-state index is 12.5.